The minimum Gasteiger partial charge on any atom is -0.305 e. The van der Waals surface area contributed by atoms with Gasteiger partial charge < -0.3 is 4.90 Å². The highest BCUT2D eigenvalue weighted by Crippen LogP contribution is 2.35. The van der Waals surface area contributed by atoms with Gasteiger partial charge in [0.15, 0.2) is 0 Å². The highest BCUT2D eigenvalue weighted by molar-refractivity contribution is 6.04. The number of rotatable bonds is 0. The van der Waals surface area contributed by atoms with Gasteiger partial charge in [0.05, 0.1) is 0 Å². The molecule has 2 heteroatoms. The summed E-state index contributed by atoms with van der Waals surface area (Å²) in [7, 11) is 0. The first-order chi connectivity index (χ1) is 6.86. The Balaban J connectivity index is 2.12. The van der Waals surface area contributed by atoms with E-state index in [1.54, 1.807) is 6.08 Å². The molecular formula is C12H11NO. The van der Waals surface area contributed by atoms with Crippen molar-refractivity contribution in [2.45, 2.75) is 18.9 Å². The van der Waals surface area contributed by atoms with Crippen LogP contribution >= 0.6 is 0 Å². The second kappa shape index (κ2) is 2.71. The summed E-state index contributed by atoms with van der Waals surface area (Å²) in [6.45, 7) is 0. The van der Waals surface area contributed by atoms with E-state index in [4.69, 9.17) is 0 Å². The fourth-order valence-electron chi connectivity index (χ4n) is 2.35. The Bertz CT molecular complexity index is 422. The van der Waals surface area contributed by atoms with Crippen molar-refractivity contribution in [1.29, 1.82) is 0 Å². The quantitative estimate of drug-likeness (QED) is 0.604. The van der Waals surface area contributed by atoms with Gasteiger partial charge in [0, 0.05) is 11.7 Å². The van der Waals surface area contributed by atoms with E-state index in [0.29, 0.717) is 6.04 Å². The van der Waals surface area contributed by atoms with Crippen LogP contribution in [0.4, 0.5) is 5.69 Å². The van der Waals surface area contributed by atoms with Crippen molar-refractivity contribution in [2.75, 3.05) is 4.90 Å². The van der Waals surface area contributed by atoms with E-state index in [-0.39, 0.29) is 5.91 Å². The first-order valence-corrected chi connectivity index (χ1v) is 4.94. The molecule has 3 rings (SSSR count). The van der Waals surface area contributed by atoms with Crippen LogP contribution in [0.25, 0.3) is 0 Å². The summed E-state index contributed by atoms with van der Waals surface area (Å²) in [6, 6.07) is 8.54. The molecule has 2 heterocycles. The van der Waals surface area contributed by atoms with Crippen molar-refractivity contribution in [3.05, 3.63) is 42.0 Å². The zero-order valence-electron chi connectivity index (χ0n) is 7.81. The van der Waals surface area contributed by atoms with E-state index in [1.807, 2.05) is 29.2 Å². The van der Waals surface area contributed by atoms with Gasteiger partial charge in [0.1, 0.15) is 0 Å². The molecule has 1 aromatic carbocycles. The van der Waals surface area contributed by atoms with Gasteiger partial charge in [-0.05, 0) is 30.5 Å². The Morgan fingerprint density at radius 3 is 3.07 bits per heavy atom. The molecule has 0 saturated carbocycles. The Labute approximate surface area is 82.8 Å². The van der Waals surface area contributed by atoms with Gasteiger partial charge in [-0.25, -0.2) is 0 Å². The lowest BCUT2D eigenvalue weighted by Gasteiger charge is -2.26. The Hall–Kier alpha value is -1.57. The standard InChI is InChI=1S/C12H11NO/c14-12-7-3-5-10-8-9-4-1-2-6-11(9)13(10)12/h1-4,6-7,10H,5,8H2. The molecule has 0 aliphatic carbocycles. The van der Waals surface area contributed by atoms with E-state index in [1.165, 1.54) is 5.56 Å². The van der Waals surface area contributed by atoms with Crippen LogP contribution < -0.4 is 4.90 Å². The lowest BCUT2D eigenvalue weighted by molar-refractivity contribution is -0.114. The van der Waals surface area contributed by atoms with E-state index < -0.39 is 0 Å². The van der Waals surface area contributed by atoms with Crippen molar-refractivity contribution in [2.24, 2.45) is 0 Å². The van der Waals surface area contributed by atoms with Crippen LogP contribution in [0.15, 0.2) is 36.4 Å². The maximum Gasteiger partial charge on any atom is 0.250 e. The molecule has 2 nitrogen and oxygen atoms in total. The summed E-state index contributed by atoms with van der Waals surface area (Å²) in [6.07, 6.45) is 5.65. The summed E-state index contributed by atoms with van der Waals surface area (Å²) < 4.78 is 0. The van der Waals surface area contributed by atoms with Crippen molar-refractivity contribution in [3.8, 4) is 0 Å². The zero-order chi connectivity index (χ0) is 9.54. The van der Waals surface area contributed by atoms with Gasteiger partial charge in [0.25, 0.3) is 5.91 Å². The van der Waals surface area contributed by atoms with E-state index in [9.17, 15) is 4.79 Å². The molecule has 14 heavy (non-hydrogen) atoms. The molecule has 0 N–H and O–H groups in total. The maximum absolute atomic E-state index is 11.7. The number of para-hydroxylation sites is 1. The lowest BCUT2D eigenvalue weighted by atomic mass is 10.1. The highest BCUT2D eigenvalue weighted by atomic mass is 16.2. The topological polar surface area (TPSA) is 20.3 Å². The van der Waals surface area contributed by atoms with Gasteiger partial charge in [-0.2, -0.15) is 0 Å². The number of hydrogen-bond acceptors (Lipinski definition) is 1. The molecule has 70 valence electrons. The van der Waals surface area contributed by atoms with Crippen LogP contribution in [0.2, 0.25) is 0 Å². The molecule has 1 amide bonds. The first-order valence-electron chi connectivity index (χ1n) is 4.94. The predicted molar refractivity (Wildman–Crippen MR) is 55.2 cm³/mol. The normalized spacial score (nSPS) is 23.6. The molecule has 2 aliphatic rings. The number of benzene rings is 1. The molecule has 2 aliphatic heterocycles. The van der Waals surface area contributed by atoms with Crippen molar-refractivity contribution < 1.29 is 4.79 Å². The average molecular weight is 185 g/mol. The maximum atomic E-state index is 11.7. The average Bonchev–Trinajstić information content (AvgIpc) is 2.57. The van der Waals surface area contributed by atoms with Crippen LogP contribution in [-0.4, -0.2) is 11.9 Å². The lowest BCUT2D eigenvalue weighted by Crippen LogP contribution is -2.38. The third kappa shape index (κ3) is 0.939. The second-order valence-corrected chi connectivity index (χ2v) is 3.83. The molecule has 0 bridgehead atoms. The summed E-state index contributed by atoms with van der Waals surface area (Å²) >= 11 is 0. The van der Waals surface area contributed by atoms with E-state index in [0.717, 1.165) is 18.5 Å². The third-order valence-electron chi connectivity index (χ3n) is 2.98. The SMILES string of the molecule is O=C1C=CCC2Cc3ccccc3N12. The van der Waals surface area contributed by atoms with E-state index in [2.05, 4.69) is 6.07 Å². The van der Waals surface area contributed by atoms with Gasteiger partial charge >= 0.3 is 0 Å². The van der Waals surface area contributed by atoms with Crippen molar-refractivity contribution in [3.63, 3.8) is 0 Å². The second-order valence-electron chi connectivity index (χ2n) is 3.83. The van der Waals surface area contributed by atoms with Gasteiger partial charge in [0.2, 0.25) is 0 Å². The number of fused-ring (bicyclic) bond motifs is 3. The van der Waals surface area contributed by atoms with Crippen LogP contribution in [0.3, 0.4) is 0 Å². The molecule has 0 aromatic heterocycles. The van der Waals surface area contributed by atoms with Gasteiger partial charge in [-0.15, -0.1) is 0 Å². The summed E-state index contributed by atoms with van der Waals surface area (Å²) in [4.78, 5) is 13.6. The fraction of sp³-hybridized carbons (Fsp3) is 0.250. The Kier molecular flexibility index (Phi) is 1.51. The Morgan fingerprint density at radius 1 is 1.29 bits per heavy atom. The minimum atomic E-state index is 0.131. The van der Waals surface area contributed by atoms with Crippen molar-refractivity contribution in [1.82, 2.24) is 0 Å². The number of anilines is 1. The highest BCUT2D eigenvalue weighted by Gasteiger charge is 2.33. The molecular weight excluding hydrogens is 174 g/mol. The molecule has 0 saturated heterocycles. The predicted octanol–water partition coefficient (Wildman–Crippen LogP) is 1.90. The summed E-state index contributed by atoms with van der Waals surface area (Å²) in [5.41, 5.74) is 2.40. The third-order valence-corrected chi connectivity index (χ3v) is 2.98. The molecule has 0 spiro atoms. The van der Waals surface area contributed by atoms with Crippen LogP contribution in [-0.2, 0) is 11.2 Å². The number of nitrogens with zero attached hydrogens (tertiary/aromatic N) is 1. The van der Waals surface area contributed by atoms with Crippen LogP contribution in [0, 0.1) is 0 Å². The van der Waals surface area contributed by atoms with Gasteiger partial charge in [-0.1, -0.05) is 24.3 Å². The monoisotopic (exact) mass is 185 g/mol. The van der Waals surface area contributed by atoms with Gasteiger partial charge in [-0.3, -0.25) is 4.79 Å². The molecule has 1 atom stereocenters. The largest absolute Gasteiger partial charge is 0.305 e. The smallest absolute Gasteiger partial charge is 0.250 e. The summed E-state index contributed by atoms with van der Waals surface area (Å²) in [5, 5.41) is 0. The minimum absolute atomic E-state index is 0.131. The number of carbonyl (C=O) groups is 1. The molecule has 1 unspecified atom stereocenters. The first kappa shape index (κ1) is 7.80. The zero-order valence-corrected chi connectivity index (χ0v) is 7.81. The summed E-state index contributed by atoms with van der Waals surface area (Å²) in [5.74, 6) is 0.131. The fourth-order valence-corrected chi connectivity index (χ4v) is 2.35. The van der Waals surface area contributed by atoms with Crippen LogP contribution in [0.5, 0.6) is 0 Å². The van der Waals surface area contributed by atoms with E-state index >= 15 is 0 Å². The van der Waals surface area contributed by atoms with Crippen molar-refractivity contribution >= 4 is 11.6 Å². The molecule has 0 radical (unpaired) electrons. The van der Waals surface area contributed by atoms with Crippen LogP contribution in [0.1, 0.15) is 12.0 Å². The Morgan fingerprint density at radius 2 is 2.14 bits per heavy atom. The number of carbonyl (C=O) groups excluding carboxylic acids is 1. The number of hydrogen-bond donors (Lipinski definition) is 0. The molecule has 0 fully saturated rings. The number of amides is 1. The molecule has 1 aromatic rings.